The lowest BCUT2D eigenvalue weighted by molar-refractivity contribution is -0.121. The fraction of sp³-hybridized carbons (Fsp3) is 0.391. The minimum absolute atomic E-state index is 0.0154. The summed E-state index contributed by atoms with van der Waals surface area (Å²) in [7, 11) is 0. The summed E-state index contributed by atoms with van der Waals surface area (Å²) in [5, 5.41) is 5.78. The van der Waals surface area contributed by atoms with Gasteiger partial charge in [-0.1, -0.05) is 57.2 Å². The molecule has 0 saturated carbocycles. The molecule has 0 saturated heterocycles. The molecule has 2 amide bonds. The van der Waals surface area contributed by atoms with Gasteiger partial charge in [-0.05, 0) is 53.5 Å². The molecule has 0 fully saturated rings. The molecule has 0 bridgehead atoms. The van der Waals surface area contributed by atoms with Crippen molar-refractivity contribution in [3.63, 3.8) is 0 Å². The molecule has 27 heavy (non-hydrogen) atoms. The number of rotatable bonds is 4. The molecule has 2 aromatic rings. The number of carbonyl (C=O) groups is 2. The van der Waals surface area contributed by atoms with Crippen molar-refractivity contribution in [2.24, 2.45) is 0 Å². The highest BCUT2D eigenvalue weighted by Gasteiger charge is 2.21. The standard InChI is InChI=1S/C23H28N2O2/c1-23(2,3)18-13-11-17(12-14-18)22(27)24-15-21(26)25-20-10-6-8-16-7-4-5-9-19(16)20/h4-5,7,9,11-14,20H,6,8,10,15H2,1-3H3,(H,24,27)(H,25,26). The first-order valence-electron chi connectivity index (χ1n) is 9.60. The van der Waals surface area contributed by atoms with Crippen molar-refractivity contribution in [1.29, 1.82) is 0 Å². The van der Waals surface area contributed by atoms with Gasteiger partial charge in [0.15, 0.2) is 0 Å². The second kappa shape index (κ2) is 7.95. The van der Waals surface area contributed by atoms with E-state index >= 15 is 0 Å². The molecule has 1 unspecified atom stereocenters. The normalized spacial score (nSPS) is 16.3. The van der Waals surface area contributed by atoms with Crippen molar-refractivity contribution in [1.82, 2.24) is 10.6 Å². The van der Waals surface area contributed by atoms with Crippen LogP contribution in [0, 0.1) is 0 Å². The Bertz CT molecular complexity index is 819. The molecule has 142 valence electrons. The van der Waals surface area contributed by atoms with Gasteiger partial charge in [0.1, 0.15) is 0 Å². The van der Waals surface area contributed by atoms with Crippen molar-refractivity contribution in [3.05, 3.63) is 70.8 Å². The van der Waals surface area contributed by atoms with Gasteiger partial charge in [-0.2, -0.15) is 0 Å². The summed E-state index contributed by atoms with van der Waals surface area (Å²) >= 11 is 0. The van der Waals surface area contributed by atoms with E-state index in [0.29, 0.717) is 5.56 Å². The highest BCUT2D eigenvalue weighted by Crippen LogP contribution is 2.29. The molecule has 3 rings (SSSR count). The minimum Gasteiger partial charge on any atom is -0.348 e. The van der Waals surface area contributed by atoms with E-state index in [9.17, 15) is 9.59 Å². The number of benzene rings is 2. The summed E-state index contributed by atoms with van der Waals surface area (Å²) in [4.78, 5) is 24.6. The molecule has 2 aromatic carbocycles. The van der Waals surface area contributed by atoms with Crippen LogP contribution in [0.1, 0.15) is 66.7 Å². The molecular formula is C23H28N2O2. The SMILES string of the molecule is CC(C)(C)c1ccc(C(=O)NCC(=O)NC2CCCc3ccccc32)cc1. The predicted octanol–water partition coefficient (Wildman–Crippen LogP) is 3.91. The number of hydrogen-bond acceptors (Lipinski definition) is 2. The number of aryl methyl sites for hydroxylation is 1. The van der Waals surface area contributed by atoms with Gasteiger partial charge < -0.3 is 10.6 Å². The number of carbonyl (C=O) groups excluding carboxylic acids is 2. The van der Waals surface area contributed by atoms with Gasteiger partial charge in [-0.15, -0.1) is 0 Å². The van der Waals surface area contributed by atoms with E-state index in [1.165, 1.54) is 16.7 Å². The average Bonchev–Trinajstić information content (AvgIpc) is 2.66. The molecule has 0 spiro atoms. The van der Waals surface area contributed by atoms with E-state index in [-0.39, 0.29) is 29.8 Å². The summed E-state index contributed by atoms with van der Waals surface area (Å²) < 4.78 is 0. The lowest BCUT2D eigenvalue weighted by Crippen LogP contribution is -2.39. The second-order valence-corrected chi connectivity index (χ2v) is 8.22. The number of amides is 2. The highest BCUT2D eigenvalue weighted by molar-refractivity contribution is 5.96. The van der Waals surface area contributed by atoms with Crippen LogP contribution in [0.2, 0.25) is 0 Å². The zero-order valence-electron chi connectivity index (χ0n) is 16.3. The Kier molecular flexibility index (Phi) is 5.64. The van der Waals surface area contributed by atoms with E-state index in [2.05, 4.69) is 43.5 Å². The Hall–Kier alpha value is -2.62. The van der Waals surface area contributed by atoms with Crippen LogP contribution in [-0.4, -0.2) is 18.4 Å². The predicted molar refractivity (Wildman–Crippen MR) is 108 cm³/mol. The topological polar surface area (TPSA) is 58.2 Å². The largest absolute Gasteiger partial charge is 0.348 e. The van der Waals surface area contributed by atoms with Crippen molar-refractivity contribution >= 4 is 11.8 Å². The first kappa shape index (κ1) is 19.2. The Labute approximate surface area is 161 Å². The number of nitrogens with one attached hydrogen (secondary N) is 2. The van der Waals surface area contributed by atoms with Gasteiger partial charge in [0.05, 0.1) is 12.6 Å². The van der Waals surface area contributed by atoms with Gasteiger partial charge in [-0.3, -0.25) is 9.59 Å². The van der Waals surface area contributed by atoms with Crippen LogP contribution in [0.3, 0.4) is 0 Å². The van der Waals surface area contributed by atoms with Crippen molar-refractivity contribution in [3.8, 4) is 0 Å². The fourth-order valence-electron chi connectivity index (χ4n) is 3.53. The average molecular weight is 364 g/mol. The Morgan fingerprint density at radius 3 is 2.44 bits per heavy atom. The van der Waals surface area contributed by atoms with Crippen LogP contribution < -0.4 is 10.6 Å². The maximum Gasteiger partial charge on any atom is 0.251 e. The van der Waals surface area contributed by atoms with Gasteiger partial charge in [-0.25, -0.2) is 0 Å². The maximum absolute atomic E-state index is 12.3. The summed E-state index contributed by atoms with van der Waals surface area (Å²) in [6.45, 7) is 6.39. The smallest absolute Gasteiger partial charge is 0.251 e. The summed E-state index contributed by atoms with van der Waals surface area (Å²) in [5.41, 5.74) is 4.29. The molecule has 4 heteroatoms. The van der Waals surface area contributed by atoms with Crippen LogP contribution in [-0.2, 0) is 16.6 Å². The zero-order valence-corrected chi connectivity index (χ0v) is 16.3. The molecule has 0 heterocycles. The van der Waals surface area contributed by atoms with Crippen molar-refractivity contribution < 1.29 is 9.59 Å². The van der Waals surface area contributed by atoms with Gasteiger partial charge >= 0.3 is 0 Å². The Balaban J connectivity index is 1.54. The van der Waals surface area contributed by atoms with Crippen LogP contribution in [0.5, 0.6) is 0 Å². The third-order valence-corrected chi connectivity index (χ3v) is 5.13. The molecule has 4 nitrogen and oxygen atoms in total. The molecule has 0 radical (unpaired) electrons. The summed E-state index contributed by atoms with van der Waals surface area (Å²) in [5.74, 6) is -0.383. The lowest BCUT2D eigenvalue weighted by Gasteiger charge is -2.26. The third-order valence-electron chi connectivity index (χ3n) is 5.13. The second-order valence-electron chi connectivity index (χ2n) is 8.22. The molecule has 1 atom stereocenters. The lowest BCUT2D eigenvalue weighted by atomic mass is 9.87. The van der Waals surface area contributed by atoms with E-state index in [1.54, 1.807) is 0 Å². The van der Waals surface area contributed by atoms with Crippen LogP contribution >= 0.6 is 0 Å². The Morgan fingerprint density at radius 1 is 1.04 bits per heavy atom. The quantitative estimate of drug-likeness (QED) is 0.864. The van der Waals surface area contributed by atoms with Gasteiger partial charge in [0.25, 0.3) is 5.91 Å². The van der Waals surface area contributed by atoms with Crippen LogP contribution in [0.25, 0.3) is 0 Å². The van der Waals surface area contributed by atoms with Crippen molar-refractivity contribution in [2.45, 2.75) is 51.5 Å². The monoisotopic (exact) mass is 364 g/mol. The summed E-state index contributed by atoms with van der Waals surface area (Å²) in [6.07, 6.45) is 3.06. The summed E-state index contributed by atoms with van der Waals surface area (Å²) in [6, 6.07) is 15.8. The van der Waals surface area contributed by atoms with Gasteiger partial charge in [0, 0.05) is 5.56 Å². The van der Waals surface area contributed by atoms with E-state index in [0.717, 1.165) is 19.3 Å². The van der Waals surface area contributed by atoms with E-state index < -0.39 is 0 Å². The molecule has 0 aliphatic heterocycles. The number of fused-ring (bicyclic) bond motifs is 1. The highest BCUT2D eigenvalue weighted by atomic mass is 16.2. The van der Waals surface area contributed by atoms with E-state index in [4.69, 9.17) is 0 Å². The maximum atomic E-state index is 12.3. The molecular weight excluding hydrogens is 336 g/mol. The molecule has 0 aromatic heterocycles. The first-order valence-corrected chi connectivity index (χ1v) is 9.60. The minimum atomic E-state index is -0.227. The zero-order chi connectivity index (χ0) is 19.4. The number of hydrogen-bond donors (Lipinski definition) is 2. The van der Waals surface area contributed by atoms with Crippen LogP contribution in [0.4, 0.5) is 0 Å². The van der Waals surface area contributed by atoms with Gasteiger partial charge in [0.2, 0.25) is 5.91 Å². The van der Waals surface area contributed by atoms with Crippen LogP contribution in [0.15, 0.2) is 48.5 Å². The van der Waals surface area contributed by atoms with E-state index in [1.807, 2.05) is 36.4 Å². The first-order chi connectivity index (χ1) is 12.8. The van der Waals surface area contributed by atoms with Crippen molar-refractivity contribution in [2.75, 3.05) is 6.54 Å². The molecule has 2 N–H and O–H groups in total. The molecule has 1 aliphatic carbocycles. The third kappa shape index (κ3) is 4.76. The Morgan fingerprint density at radius 2 is 1.74 bits per heavy atom. The fourth-order valence-corrected chi connectivity index (χ4v) is 3.53. The molecule has 1 aliphatic rings.